The van der Waals surface area contributed by atoms with Gasteiger partial charge in [0.2, 0.25) is 0 Å². The highest BCUT2D eigenvalue weighted by Crippen LogP contribution is 2.36. The lowest BCUT2D eigenvalue weighted by molar-refractivity contribution is 0.0303. The number of hydrogen-bond donors (Lipinski definition) is 1. The van der Waals surface area contributed by atoms with E-state index >= 15 is 0 Å². The Balaban J connectivity index is 1.61. The summed E-state index contributed by atoms with van der Waals surface area (Å²) in [4.78, 5) is 2.89. The molecule has 2 aliphatic carbocycles. The van der Waals surface area contributed by atoms with E-state index in [1.165, 1.54) is 96.7 Å². The van der Waals surface area contributed by atoms with E-state index in [4.69, 9.17) is 0 Å². The number of nitrogens with one attached hydrogen (secondary N) is 1. The summed E-state index contributed by atoms with van der Waals surface area (Å²) >= 11 is 0. The van der Waals surface area contributed by atoms with Crippen molar-refractivity contribution in [2.45, 2.75) is 95.6 Å². The van der Waals surface area contributed by atoms with Crippen molar-refractivity contribution in [3.8, 4) is 0 Å². The van der Waals surface area contributed by atoms with Crippen LogP contribution in [-0.2, 0) is 0 Å². The largest absolute Gasteiger partial charge is 0.312 e. The Kier molecular flexibility index (Phi) is 5.61. The first-order valence-electron chi connectivity index (χ1n) is 9.82. The maximum atomic E-state index is 4.05. The van der Waals surface area contributed by atoms with E-state index in [0.29, 0.717) is 5.54 Å². The Hall–Kier alpha value is -0.0800. The van der Waals surface area contributed by atoms with Gasteiger partial charge in [0.1, 0.15) is 0 Å². The van der Waals surface area contributed by atoms with Crippen LogP contribution in [-0.4, -0.2) is 36.1 Å². The molecule has 3 rings (SSSR count). The zero-order valence-electron chi connectivity index (χ0n) is 14.2. The summed E-state index contributed by atoms with van der Waals surface area (Å²) in [6.45, 7) is 6.38. The van der Waals surface area contributed by atoms with Gasteiger partial charge >= 0.3 is 0 Å². The number of hydrogen-bond acceptors (Lipinski definition) is 2. The molecule has 1 heterocycles. The van der Waals surface area contributed by atoms with Crippen molar-refractivity contribution >= 4 is 0 Å². The second-order valence-electron chi connectivity index (χ2n) is 7.92. The second-order valence-corrected chi connectivity index (χ2v) is 7.92. The lowest BCUT2D eigenvalue weighted by Gasteiger charge is -2.49. The topological polar surface area (TPSA) is 15.3 Å². The van der Waals surface area contributed by atoms with Gasteiger partial charge in [-0.1, -0.05) is 45.4 Å². The van der Waals surface area contributed by atoms with Crippen LogP contribution in [0.1, 0.15) is 84.0 Å². The van der Waals surface area contributed by atoms with Gasteiger partial charge in [-0.2, -0.15) is 0 Å². The molecule has 0 aromatic carbocycles. The van der Waals surface area contributed by atoms with Crippen molar-refractivity contribution in [2.75, 3.05) is 19.6 Å². The van der Waals surface area contributed by atoms with Crippen LogP contribution in [0.3, 0.4) is 0 Å². The molecule has 1 N–H and O–H groups in total. The van der Waals surface area contributed by atoms with Crippen LogP contribution in [0.2, 0.25) is 0 Å². The van der Waals surface area contributed by atoms with Gasteiger partial charge in [-0.05, 0) is 57.5 Å². The Morgan fingerprint density at radius 3 is 2.33 bits per heavy atom. The maximum Gasteiger partial charge on any atom is 0.0334 e. The molecule has 0 bridgehead atoms. The molecule has 0 spiro atoms. The first-order valence-corrected chi connectivity index (χ1v) is 9.82. The van der Waals surface area contributed by atoms with Gasteiger partial charge in [0.05, 0.1) is 0 Å². The molecule has 2 nitrogen and oxygen atoms in total. The molecule has 122 valence electrons. The minimum atomic E-state index is 0.513. The predicted molar refractivity (Wildman–Crippen MR) is 90.7 cm³/mol. The Bertz CT molecular complexity index is 303. The van der Waals surface area contributed by atoms with Crippen molar-refractivity contribution in [3.05, 3.63) is 0 Å². The maximum absolute atomic E-state index is 4.05. The Labute approximate surface area is 132 Å². The van der Waals surface area contributed by atoms with E-state index in [0.717, 1.165) is 12.0 Å². The minimum Gasteiger partial charge on any atom is -0.312 e. The van der Waals surface area contributed by atoms with E-state index in [-0.39, 0.29) is 0 Å². The normalized spacial score (nSPS) is 34.1. The molecule has 2 saturated carbocycles. The fourth-order valence-electron chi connectivity index (χ4n) is 5.30. The summed E-state index contributed by atoms with van der Waals surface area (Å²) in [5, 5.41) is 4.05. The molecule has 2 atom stereocenters. The molecule has 0 radical (unpaired) electrons. The van der Waals surface area contributed by atoms with E-state index in [2.05, 4.69) is 17.1 Å². The fraction of sp³-hybridized carbons (Fsp3) is 1.00. The number of likely N-dealkylation sites (tertiary alicyclic amines) is 1. The van der Waals surface area contributed by atoms with Crippen LogP contribution < -0.4 is 5.32 Å². The van der Waals surface area contributed by atoms with Crippen molar-refractivity contribution in [3.63, 3.8) is 0 Å². The van der Waals surface area contributed by atoms with Gasteiger partial charge in [0.15, 0.2) is 0 Å². The smallest absolute Gasteiger partial charge is 0.0334 e. The van der Waals surface area contributed by atoms with Crippen LogP contribution in [0.4, 0.5) is 0 Å². The first kappa shape index (κ1) is 15.8. The Morgan fingerprint density at radius 2 is 1.62 bits per heavy atom. The highest BCUT2D eigenvalue weighted by Gasteiger charge is 2.39. The fourth-order valence-corrected chi connectivity index (χ4v) is 5.30. The van der Waals surface area contributed by atoms with Crippen LogP contribution in [0.25, 0.3) is 0 Å². The third kappa shape index (κ3) is 3.64. The van der Waals surface area contributed by atoms with Crippen LogP contribution in [0.5, 0.6) is 0 Å². The number of piperidine rings is 1. The first-order chi connectivity index (χ1) is 10.3. The molecule has 0 aromatic heterocycles. The average molecular weight is 293 g/mol. The molecule has 1 saturated heterocycles. The van der Waals surface area contributed by atoms with E-state index in [1.807, 2.05) is 0 Å². The average Bonchev–Trinajstić information content (AvgIpc) is 3.02. The summed E-state index contributed by atoms with van der Waals surface area (Å²) < 4.78 is 0. The molecular weight excluding hydrogens is 256 g/mol. The summed E-state index contributed by atoms with van der Waals surface area (Å²) in [7, 11) is 0. The third-order valence-corrected chi connectivity index (χ3v) is 6.69. The van der Waals surface area contributed by atoms with Crippen LogP contribution in [0.15, 0.2) is 0 Å². The van der Waals surface area contributed by atoms with E-state index in [9.17, 15) is 0 Å². The molecular formula is C19H36N2. The predicted octanol–water partition coefficient (Wildman–Crippen LogP) is 4.34. The van der Waals surface area contributed by atoms with Crippen molar-refractivity contribution in [1.82, 2.24) is 10.2 Å². The van der Waals surface area contributed by atoms with Gasteiger partial charge in [0, 0.05) is 18.1 Å². The van der Waals surface area contributed by atoms with Gasteiger partial charge in [-0.3, -0.25) is 4.90 Å². The standard InChI is InChI=1S/C19H36N2/c1-2-17-10-9-11-18(17)20-16-19(12-5-3-6-13-19)21-14-7-4-8-15-21/h17-18,20H,2-16H2,1H3. The summed E-state index contributed by atoms with van der Waals surface area (Å²) in [6.07, 6.45) is 17.3. The summed E-state index contributed by atoms with van der Waals surface area (Å²) in [5.74, 6) is 0.951. The quantitative estimate of drug-likeness (QED) is 0.810. The zero-order valence-corrected chi connectivity index (χ0v) is 14.2. The van der Waals surface area contributed by atoms with Crippen LogP contribution >= 0.6 is 0 Å². The van der Waals surface area contributed by atoms with Crippen LogP contribution in [0, 0.1) is 5.92 Å². The lowest BCUT2D eigenvalue weighted by Crippen LogP contribution is -2.58. The van der Waals surface area contributed by atoms with Gasteiger partial charge in [-0.15, -0.1) is 0 Å². The third-order valence-electron chi connectivity index (χ3n) is 6.69. The molecule has 21 heavy (non-hydrogen) atoms. The molecule has 2 heteroatoms. The van der Waals surface area contributed by atoms with Gasteiger partial charge in [0.25, 0.3) is 0 Å². The Morgan fingerprint density at radius 1 is 0.905 bits per heavy atom. The highest BCUT2D eigenvalue weighted by molar-refractivity contribution is 4.97. The van der Waals surface area contributed by atoms with E-state index in [1.54, 1.807) is 0 Å². The zero-order chi connectivity index (χ0) is 14.5. The second kappa shape index (κ2) is 7.46. The molecule has 3 aliphatic rings. The number of nitrogens with zero attached hydrogens (tertiary/aromatic N) is 1. The van der Waals surface area contributed by atoms with Crippen molar-refractivity contribution < 1.29 is 0 Å². The van der Waals surface area contributed by atoms with Gasteiger partial charge < -0.3 is 5.32 Å². The molecule has 0 aromatic rings. The molecule has 0 amide bonds. The molecule has 3 fully saturated rings. The number of rotatable bonds is 5. The minimum absolute atomic E-state index is 0.513. The molecule has 2 unspecified atom stereocenters. The summed E-state index contributed by atoms with van der Waals surface area (Å²) in [6, 6.07) is 0.818. The highest BCUT2D eigenvalue weighted by atomic mass is 15.2. The van der Waals surface area contributed by atoms with Crippen molar-refractivity contribution in [1.29, 1.82) is 0 Å². The SMILES string of the molecule is CCC1CCCC1NCC1(N2CCCCC2)CCCCC1. The van der Waals surface area contributed by atoms with Gasteiger partial charge in [-0.25, -0.2) is 0 Å². The molecule has 1 aliphatic heterocycles. The summed E-state index contributed by atoms with van der Waals surface area (Å²) in [5.41, 5.74) is 0.513. The monoisotopic (exact) mass is 292 g/mol. The lowest BCUT2D eigenvalue weighted by atomic mass is 9.78. The van der Waals surface area contributed by atoms with E-state index < -0.39 is 0 Å². The van der Waals surface area contributed by atoms with Crippen molar-refractivity contribution in [2.24, 2.45) is 5.92 Å².